The molecule has 0 rings (SSSR count). The number of carbonyl (C=O) groups excluding carboxylic acids is 1. The molecule has 3 heteroatoms. The van der Waals surface area contributed by atoms with Crippen LogP contribution in [0.1, 0.15) is 20.8 Å². The van der Waals surface area contributed by atoms with Crippen molar-refractivity contribution in [3.63, 3.8) is 0 Å². The molecule has 0 amide bonds. The third-order valence-electron chi connectivity index (χ3n) is 0.737. The predicted octanol–water partition coefficient (Wildman–Crippen LogP) is 1.30. The van der Waals surface area contributed by atoms with Crippen LogP contribution in [0.3, 0.4) is 0 Å². The highest BCUT2D eigenvalue weighted by Gasteiger charge is 2.10. The first-order valence-electron chi connectivity index (χ1n) is 3.34. The second-order valence-corrected chi connectivity index (χ2v) is 2.44. The van der Waals surface area contributed by atoms with E-state index in [4.69, 9.17) is 0 Å². The first kappa shape index (κ1) is 9.96. The van der Waals surface area contributed by atoms with Crippen molar-refractivity contribution in [1.29, 1.82) is 0 Å². The Kier molecular flexibility index (Phi) is 3.59. The van der Waals surface area contributed by atoms with Crippen LogP contribution in [0, 0.1) is 11.8 Å². The van der Waals surface area contributed by atoms with Crippen molar-refractivity contribution >= 4 is 5.97 Å². The molecule has 0 bridgehead atoms. The fourth-order valence-electron chi connectivity index (χ4n) is 0.367. The van der Waals surface area contributed by atoms with E-state index in [2.05, 4.69) is 10.7 Å². The molecule has 0 aromatic rings. The van der Waals surface area contributed by atoms with Crippen LogP contribution in [0.25, 0.3) is 0 Å². The zero-order valence-electron chi connectivity index (χ0n) is 6.90. The lowest BCUT2D eigenvalue weighted by Crippen LogP contribution is -2.09. The Morgan fingerprint density at radius 2 is 2.18 bits per heavy atom. The SMILES string of the molecule is CCOC(=O)C#CC(C)(C)F. The van der Waals surface area contributed by atoms with Crippen molar-refractivity contribution in [2.45, 2.75) is 26.4 Å². The van der Waals surface area contributed by atoms with Gasteiger partial charge in [0.2, 0.25) is 0 Å². The van der Waals surface area contributed by atoms with E-state index in [1.807, 2.05) is 5.92 Å². The molecule has 0 radical (unpaired) electrons. The van der Waals surface area contributed by atoms with Crippen molar-refractivity contribution in [2.24, 2.45) is 0 Å². The highest BCUT2D eigenvalue weighted by atomic mass is 19.1. The maximum Gasteiger partial charge on any atom is 0.384 e. The van der Waals surface area contributed by atoms with Gasteiger partial charge in [0.15, 0.2) is 5.67 Å². The number of rotatable bonds is 1. The fourth-order valence-corrected chi connectivity index (χ4v) is 0.367. The maximum atomic E-state index is 12.6. The molecule has 0 aromatic carbocycles. The molecule has 0 spiro atoms. The highest BCUT2D eigenvalue weighted by Crippen LogP contribution is 2.04. The Morgan fingerprint density at radius 3 is 2.55 bits per heavy atom. The number of alkyl halides is 1. The lowest BCUT2D eigenvalue weighted by Gasteiger charge is -2.01. The minimum atomic E-state index is -1.63. The van der Waals surface area contributed by atoms with Gasteiger partial charge in [-0.15, -0.1) is 0 Å². The lowest BCUT2D eigenvalue weighted by molar-refractivity contribution is -0.136. The quantitative estimate of drug-likeness (QED) is 0.326. The summed E-state index contributed by atoms with van der Waals surface area (Å²) in [5.74, 6) is 3.47. The monoisotopic (exact) mass is 158 g/mol. The van der Waals surface area contributed by atoms with Gasteiger partial charge in [0, 0.05) is 5.92 Å². The van der Waals surface area contributed by atoms with Gasteiger partial charge >= 0.3 is 5.97 Å². The van der Waals surface area contributed by atoms with Crippen LogP contribution in [0.2, 0.25) is 0 Å². The van der Waals surface area contributed by atoms with Crippen molar-refractivity contribution in [2.75, 3.05) is 6.61 Å². The molecule has 2 nitrogen and oxygen atoms in total. The van der Waals surface area contributed by atoms with Crippen LogP contribution in [0.15, 0.2) is 0 Å². The van der Waals surface area contributed by atoms with E-state index in [1.165, 1.54) is 13.8 Å². The predicted molar refractivity (Wildman–Crippen MR) is 39.6 cm³/mol. The fraction of sp³-hybridized carbons (Fsp3) is 0.625. The number of ether oxygens (including phenoxy) is 1. The van der Waals surface area contributed by atoms with Gasteiger partial charge in [-0.25, -0.2) is 9.18 Å². The zero-order chi connectivity index (χ0) is 8.91. The number of hydrogen-bond donors (Lipinski definition) is 0. The van der Waals surface area contributed by atoms with Crippen LogP contribution in [0.5, 0.6) is 0 Å². The van der Waals surface area contributed by atoms with Crippen molar-refractivity contribution in [3.05, 3.63) is 0 Å². The Morgan fingerprint density at radius 1 is 1.64 bits per heavy atom. The van der Waals surface area contributed by atoms with E-state index in [-0.39, 0.29) is 6.61 Å². The Balaban J connectivity index is 3.98. The molecule has 0 heterocycles. The topological polar surface area (TPSA) is 26.3 Å². The van der Waals surface area contributed by atoms with Crippen LogP contribution in [-0.4, -0.2) is 18.2 Å². The molecule has 0 N–H and O–H groups in total. The van der Waals surface area contributed by atoms with Gasteiger partial charge in [-0.3, -0.25) is 0 Å². The van der Waals surface area contributed by atoms with E-state index in [9.17, 15) is 9.18 Å². The third-order valence-corrected chi connectivity index (χ3v) is 0.737. The average Bonchev–Trinajstić information content (AvgIpc) is 1.83. The molecular weight excluding hydrogens is 147 g/mol. The van der Waals surface area contributed by atoms with Gasteiger partial charge in [-0.05, 0) is 20.8 Å². The third kappa shape index (κ3) is 6.85. The summed E-state index contributed by atoms with van der Waals surface area (Å²) in [6.07, 6.45) is 0. The van der Waals surface area contributed by atoms with Gasteiger partial charge in [0.1, 0.15) is 0 Å². The van der Waals surface area contributed by atoms with Gasteiger partial charge in [0.25, 0.3) is 0 Å². The van der Waals surface area contributed by atoms with Gasteiger partial charge in [0.05, 0.1) is 6.61 Å². The van der Waals surface area contributed by atoms with Gasteiger partial charge in [-0.2, -0.15) is 0 Å². The molecule has 11 heavy (non-hydrogen) atoms. The van der Waals surface area contributed by atoms with Gasteiger partial charge < -0.3 is 4.74 Å². The first-order chi connectivity index (χ1) is 4.95. The van der Waals surface area contributed by atoms with Crippen molar-refractivity contribution in [1.82, 2.24) is 0 Å². The molecule has 62 valence electrons. The molecule has 0 unspecified atom stereocenters. The highest BCUT2D eigenvalue weighted by molar-refractivity contribution is 5.88. The van der Waals surface area contributed by atoms with E-state index >= 15 is 0 Å². The summed E-state index contributed by atoms with van der Waals surface area (Å²) in [6.45, 7) is 4.48. The number of esters is 1. The summed E-state index contributed by atoms with van der Waals surface area (Å²) >= 11 is 0. The summed E-state index contributed by atoms with van der Waals surface area (Å²) in [5.41, 5.74) is -1.63. The maximum absolute atomic E-state index is 12.6. The second kappa shape index (κ2) is 3.97. The van der Waals surface area contributed by atoms with Crippen LogP contribution in [-0.2, 0) is 9.53 Å². The minimum absolute atomic E-state index is 0.264. The van der Waals surface area contributed by atoms with Crippen LogP contribution < -0.4 is 0 Å². The Bertz CT molecular complexity index is 192. The summed E-state index contributed by atoms with van der Waals surface area (Å²) in [7, 11) is 0. The van der Waals surface area contributed by atoms with Crippen molar-refractivity contribution < 1.29 is 13.9 Å². The largest absolute Gasteiger partial charge is 0.456 e. The normalized spacial score (nSPS) is 9.82. The molecule has 0 aliphatic rings. The molecule has 0 saturated heterocycles. The molecule has 0 saturated carbocycles. The molecule has 0 aromatic heterocycles. The Labute approximate surface area is 65.7 Å². The standard InChI is InChI=1S/C8H11FO2/c1-4-11-7(10)5-6-8(2,3)9/h4H2,1-3H3. The average molecular weight is 158 g/mol. The summed E-state index contributed by atoms with van der Waals surface area (Å²) in [6, 6.07) is 0. The van der Waals surface area contributed by atoms with E-state index in [0.29, 0.717) is 0 Å². The molecule has 0 fully saturated rings. The van der Waals surface area contributed by atoms with Crippen LogP contribution >= 0.6 is 0 Å². The number of carbonyl (C=O) groups is 1. The first-order valence-corrected chi connectivity index (χ1v) is 3.34. The second-order valence-electron chi connectivity index (χ2n) is 2.44. The summed E-state index contributed by atoms with van der Waals surface area (Å²) in [4.78, 5) is 10.5. The Hall–Kier alpha value is -1.04. The minimum Gasteiger partial charge on any atom is -0.456 e. The van der Waals surface area contributed by atoms with Gasteiger partial charge in [-0.1, -0.05) is 5.92 Å². The van der Waals surface area contributed by atoms with E-state index in [0.717, 1.165) is 0 Å². The lowest BCUT2D eigenvalue weighted by atomic mass is 10.2. The molecule has 0 aliphatic heterocycles. The number of hydrogen-bond acceptors (Lipinski definition) is 2. The van der Waals surface area contributed by atoms with E-state index < -0.39 is 11.6 Å². The zero-order valence-corrected chi connectivity index (χ0v) is 6.90. The number of halogens is 1. The molecule has 0 aliphatic carbocycles. The van der Waals surface area contributed by atoms with Crippen LogP contribution in [0.4, 0.5) is 4.39 Å². The van der Waals surface area contributed by atoms with Crippen molar-refractivity contribution in [3.8, 4) is 11.8 Å². The smallest absolute Gasteiger partial charge is 0.384 e. The molecule has 0 atom stereocenters. The molecular formula is C8H11FO2. The van der Waals surface area contributed by atoms with E-state index in [1.54, 1.807) is 6.92 Å². The summed E-state index contributed by atoms with van der Waals surface area (Å²) < 4.78 is 17.1. The summed E-state index contributed by atoms with van der Waals surface area (Å²) in [5, 5.41) is 0.